The Morgan fingerprint density at radius 1 is 1.32 bits per heavy atom. The molecule has 0 radical (unpaired) electrons. The van der Waals surface area contributed by atoms with Crippen molar-refractivity contribution in [2.24, 2.45) is 0 Å². The number of thiazole rings is 1. The predicted octanol–water partition coefficient (Wildman–Crippen LogP) is 2.54. The number of benzene rings is 1. The van der Waals surface area contributed by atoms with Crippen molar-refractivity contribution in [1.82, 2.24) is 9.88 Å². The van der Waals surface area contributed by atoms with E-state index in [2.05, 4.69) is 10.3 Å². The second-order valence-corrected chi connectivity index (χ2v) is 9.86. The van der Waals surface area contributed by atoms with Crippen LogP contribution in [0.15, 0.2) is 23.6 Å². The zero-order chi connectivity index (χ0) is 20.5. The van der Waals surface area contributed by atoms with Gasteiger partial charge in [-0.05, 0) is 38.0 Å². The van der Waals surface area contributed by atoms with Gasteiger partial charge in [0.2, 0.25) is 0 Å². The molecule has 0 unspecified atom stereocenters. The fraction of sp³-hybridized carbons (Fsp3) is 0.389. The fourth-order valence-electron chi connectivity index (χ4n) is 3.15. The van der Waals surface area contributed by atoms with Crippen molar-refractivity contribution in [1.29, 1.82) is 0 Å². The topological polar surface area (TPSA) is 117 Å². The van der Waals surface area contributed by atoms with Gasteiger partial charge < -0.3 is 15.3 Å². The van der Waals surface area contributed by atoms with Crippen molar-refractivity contribution in [2.45, 2.75) is 25.8 Å². The number of anilines is 1. The van der Waals surface area contributed by atoms with Gasteiger partial charge in [0.05, 0.1) is 11.6 Å². The number of likely N-dealkylation sites (tertiary alicyclic amines) is 1. The highest BCUT2D eigenvalue weighted by molar-refractivity contribution is 7.90. The van der Waals surface area contributed by atoms with E-state index in [-0.39, 0.29) is 34.6 Å². The number of carbonyl (C=O) groups is 2. The van der Waals surface area contributed by atoms with E-state index in [9.17, 15) is 23.1 Å². The van der Waals surface area contributed by atoms with Crippen molar-refractivity contribution < 1.29 is 23.1 Å². The van der Waals surface area contributed by atoms with Crippen LogP contribution in [-0.2, 0) is 9.84 Å². The number of nitrogens with one attached hydrogen (secondary N) is 1. The average molecular weight is 424 g/mol. The van der Waals surface area contributed by atoms with E-state index in [1.807, 2.05) is 12.3 Å². The molecule has 1 saturated heterocycles. The van der Waals surface area contributed by atoms with Crippen LogP contribution in [0.2, 0.25) is 0 Å². The predicted molar refractivity (Wildman–Crippen MR) is 107 cm³/mol. The monoisotopic (exact) mass is 423 g/mol. The van der Waals surface area contributed by atoms with Gasteiger partial charge in [-0.2, -0.15) is 0 Å². The van der Waals surface area contributed by atoms with Crippen LogP contribution in [0.3, 0.4) is 0 Å². The molecule has 0 spiro atoms. The van der Waals surface area contributed by atoms with Gasteiger partial charge in [0.15, 0.2) is 9.84 Å². The van der Waals surface area contributed by atoms with Crippen LogP contribution in [0.5, 0.6) is 0 Å². The lowest BCUT2D eigenvalue weighted by atomic mass is 10.1. The smallest absolute Gasteiger partial charge is 0.335 e. The van der Waals surface area contributed by atoms with E-state index in [4.69, 9.17) is 0 Å². The van der Waals surface area contributed by atoms with Gasteiger partial charge in [0.1, 0.15) is 10.9 Å². The Labute approximate surface area is 167 Å². The van der Waals surface area contributed by atoms with Crippen molar-refractivity contribution in [3.63, 3.8) is 0 Å². The summed E-state index contributed by atoms with van der Waals surface area (Å²) < 4.78 is 22.8. The van der Waals surface area contributed by atoms with Gasteiger partial charge in [-0.15, -0.1) is 11.3 Å². The highest BCUT2D eigenvalue weighted by Gasteiger charge is 2.33. The highest BCUT2D eigenvalue weighted by atomic mass is 32.2. The van der Waals surface area contributed by atoms with E-state index in [1.165, 1.54) is 29.5 Å². The number of carbonyl (C=O) groups excluding carboxylic acids is 1. The maximum atomic E-state index is 13.1. The summed E-state index contributed by atoms with van der Waals surface area (Å²) in [5, 5.41) is 14.8. The van der Waals surface area contributed by atoms with E-state index >= 15 is 0 Å². The van der Waals surface area contributed by atoms with E-state index in [0.717, 1.165) is 29.8 Å². The third-order valence-electron chi connectivity index (χ3n) is 4.40. The van der Waals surface area contributed by atoms with E-state index < -0.39 is 15.8 Å². The van der Waals surface area contributed by atoms with E-state index in [1.54, 1.807) is 4.90 Å². The first kappa shape index (κ1) is 20.3. The normalized spacial score (nSPS) is 16.9. The molecule has 1 aliphatic rings. The summed E-state index contributed by atoms with van der Waals surface area (Å²) in [5.74, 6) is -1.83. The Morgan fingerprint density at radius 3 is 2.64 bits per heavy atom. The zero-order valence-corrected chi connectivity index (χ0v) is 17.1. The molecule has 1 aliphatic heterocycles. The molecule has 8 nitrogen and oxygen atoms in total. The lowest BCUT2D eigenvalue weighted by Gasteiger charge is -2.23. The molecule has 0 saturated carbocycles. The number of amides is 1. The maximum absolute atomic E-state index is 13.1. The van der Waals surface area contributed by atoms with Crippen molar-refractivity contribution in [3.8, 4) is 0 Å². The second-order valence-electron chi connectivity index (χ2n) is 6.83. The Kier molecular flexibility index (Phi) is 5.71. The number of hydrogen-bond acceptors (Lipinski definition) is 7. The molecule has 1 amide bonds. The SMILES string of the molecule is Cc1csc([C@H]2CCCN2C(=O)c2cc(NCS(C)(=O)=O)cc(C(=O)O)c2)n1. The zero-order valence-electron chi connectivity index (χ0n) is 15.5. The standard InChI is InChI=1S/C18H21N3O5S2/c1-11-9-27-16(20-11)15-4-3-5-21(15)17(22)12-6-13(18(23)24)8-14(7-12)19-10-28(2,25)26/h6-9,15,19H,3-5,10H2,1-2H3,(H,23,24)/t15-/m1/s1. The minimum absolute atomic E-state index is 0.0808. The highest BCUT2D eigenvalue weighted by Crippen LogP contribution is 2.35. The number of aryl methyl sites for hydroxylation is 1. The summed E-state index contributed by atoms with van der Waals surface area (Å²) in [4.78, 5) is 30.8. The quantitative estimate of drug-likeness (QED) is 0.733. The molecule has 2 N–H and O–H groups in total. The molecule has 3 rings (SSSR count). The third kappa shape index (κ3) is 4.68. The van der Waals surface area contributed by atoms with Gasteiger partial charge in [-0.25, -0.2) is 18.2 Å². The summed E-state index contributed by atoms with van der Waals surface area (Å²) in [7, 11) is -3.31. The first-order chi connectivity index (χ1) is 13.1. The molecule has 2 heterocycles. The molecular weight excluding hydrogens is 402 g/mol. The molecule has 1 aromatic heterocycles. The molecule has 0 aliphatic carbocycles. The first-order valence-corrected chi connectivity index (χ1v) is 11.6. The number of hydrogen-bond donors (Lipinski definition) is 2. The van der Waals surface area contributed by atoms with Crippen LogP contribution in [0.4, 0.5) is 5.69 Å². The lowest BCUT2D eigenvalue weighted by molar-refractivity contribution is 0.0697. The second kappa shape index (κ2) is 7.88. The molecule has 0 bridgehead atoms. The fourth-order valence-corrected chi connectivity index (χ4v) is 4.52. The van der Waals surface area contributed by atoms with Crippen molar-refractivity contribution >= 4 is 38.7 Å². The number of carboxylic acid groups (broad SMARTS) is 1. The Balaban J connectivity index is 1.91. The van der Waals surface area contributed by atoms with E-state index in [0.29, 0.717) is 6.54 Å². The number of aromatic nitrogens is 1. The molecule has 1 atom stereocenters. The third-order valence-corrected chi connectivity index (χ3v) is 6.13. The number of carboxylic acids is 1. The number of rotatable bonds is 6. The molecule has 2 aromatic rings. The summed E-state index contributed by atoms with van der Waals surface area (Å²) in [6.45, 7) is 2.46. The average Bonchev–Trinajstić information content (AvgIpc) is 3.27. The largest absolute Gasteiger partial charge is 0.478 e. The van der Waals surface area contributed by atoms with Crippen LogP contribution >= 0.6 is 11.3 Å². The number of nitrogens with zero attached hydrogens (tertiary/aromatic N) is 2. The molecule has 28 heavy (non-hydrogen) atoms. The molecule has 1 fully saturated rings. The molecule has 10 heteroatoms. The minimum atomic E-state index is -3.31. The summed E-state index contributed by atoms with van der Waals surface area (Å²) >= 11 is 1.51. The van der Waals surface area contributed by atoms with Gasteiger partial charge in [-0.1, -0.05) is 0 Å². The number of aromatic carboxylic acids is 1. The van der Waals surface area contributed by atoms with Gasteiger partial charge in [0, 0.05) is 35.1 Å². The lowest BCUT2D eigenvalue weighted by Crippen LogP contribution is -2.30. The summed E-state index contributed by atoms with van der Waals surface area (Å²) in [5.41, 5.74) is 1.30. The van der Waals surface area contributed by atoms with Crippen molar-refractivity contribution in [3.05, 3.63) is 45.4 Å². The molecular formula is C18H21N3O5S2. The van der Waals surface area contributed by atoms with Crippen molar-refractivity contribution in [2.75, 3.05) is 24.0 Å². The molecule has 1 aromatic carbocycles. The van der Waals surface area contributed by atoms with Crippen LogP contribution in [0, 0.1) is 6.92 Å². The van der Waals surface area contributed by atoms with Crippen LogP contribution < -0.4 is 5.32 Å². The van der Waals surface area contributed by atoms with Crippen LogP contribution in [-0.4, -0.2) is 54.0 Å². The Morgan fingerprint density at radius 2 is 2.04 bits per heavy atom. The summed E-state index contributed by atoms with van der Waals surface area (Å²) in [6.07, 6.45) is 2.71. The first-order valence-electron chi connectivity index (χ1n) is 8.67. The van der Waals surface area contributed by atoms with Crippen LogP contribution in [0.1, 0.15) is 50.3 Å². The number of sulfone groups is 1. The summed E-state index contributed by atoms with van der Waals surface area (Å²) in [6, 6.07) is 3.99. The van der Waals surface area contributed by atoms with Gasteiger partial charge >= 0.3 is 5.97 Å². The minimum Gasteiger partial charge on any atom is -0.478 e. The Hall–Kier alpha value is -2.46. The van der Waals surface area contributed by atoms with Gasteiger partial charge in [0.25, 0.3) is 5.91 Å². The van der Waals surface area contributed by atoms with Gasteiger partial charge in [-0.3, -0.25) is 4.79 Å². The Bertz CT molecular complexity index is 1020. The maximum Gasteiger partial charge on any atom is 0.335 e. The van der Waals surface area contributed by atoms with Crippen LogP contribution in [0.25, 0.3) is 0 Å². The molecule has 150 valence electrons.